The summed E-state index contributed by atoms with van der Waals surface area (Å²) in [6.07, 6.45) is 7.99. The van der Waals surface area contributed by atoms with Crippen LogP contribution in [0.4, 0.5) is 0 Å². The van der Waals surface area contributed by atoms with Crippen molar-refractivity contribution in [2.75, 3.05) is 33.3 Å². The Labute approximate surface area is 161 Å². The first kappa shape index (κ1) is 20.9. The smallest absolute Gasteiger partial charge is 0.220 e. The molecule has 7 nitrogen and oxygen atoms in total. The molecule has 1 heterocycles. The fourth-order valence-electron chi connectivity index (χ4n) is 3.13. The van der Waals surface area contributed by atoms with E-state index < -0.39 is 0 Å². The molecule has 1 amide bonds. The number of ether oxygens (including phenoxy) is 2. The van der Waals surface area contributed by atoms with Crippen molar-refractivity contribution in [2.45, 2.75) is 38.7 Å². The quantitative estimate of drug-likeness (QED) is 0.479. The van der Waals surface area contributed by atoms with E-state index in [2.05, 4.69) is 21.8 Å². The van der Waals surface area contributed by atoms with Gasteiger partial charge in [-0.1, -0.05) is 13.5 Å². The van der Waals surface area contributed by atoms with E-state index in [1.54, 1.807) is 13.2 Å². The SMILES string of the molecule is C=C1C=C(OC2CCN(CCNC(=O)CCC)CC2)C(OC)=CC1=NC=N. The van der Waals surface area contributed by atoms with Crippen molar-refractivity contribution in [1.82, 2.24) is 10.2 Å². The number of nitrogens with one attached hydrogen (secondary N) is 2. The van der Waals surface area contributed by atoms with Gasteiger partial charge < -0.3 is 19.7 Å². The fourth-order valence-corrected chi connectivity index (χ4v) is 3.13. The van der Waals surface area contributed by atoms with Crippen molar-refractivity contribution in [3.8, 4) is 0 Å². The van der Waals surface area contributed by atoms with Crippen LogP contribution in [0.5, 0.6) is 0 Å². The Kier molecular flexibility index (Phi) is 8.26. The number of hydrogen-bond donors (Lipinski definition) is 2. The van der Waals surface area contributed by atoms with Gasteiger partial charge in [-0.15, -0.1) is 0 Å². The highest BCUT2D eigenvalue weighted by molar-refractivity contribution is 6.14. The van der Waals surface area contributed by atoms with Gasteiger partial charge in [0.1, 0.15) is 12.4 Å². The monoisotopic (exact) mass is 374 g/mol. The topological polar surface area (TPSA) is 87.0 Å². The molecule has 148 valence electrons. The highest BCUT2D eigenvalue weighted by Gasteiger charge is 2.24. The number of aliphatic imine (C=N–C) groups is 1. The Hall–Kier alpha value is -2.41. The van der Waals surface area contributed by atoms with Crippen molar-refractivity contribution in [3.63, 3.8) is 0 Å². The molecule has 1 aliphatic carbocycles. The lowest BCUT2D eigenvalue weighted by Crippen LogP contribution is -2.41. The van der Waals surface area contributed by atoms with E-state index in [1.807, 2.05) is 13.0 Å². The molecule has 2 rings (SSSR count). The molecule has 27 heavy (non-hydrogen) atoms. The summed E-state index contributed by atoms with van der Waals surface area (Å²) < 4.78 is 11.6. The van der Waals surface area contributed by atoms with Gasteiger partial charge in [-0.25, -0.2) is 4.99 Å². The summed E-state index contributed by atoms with van der Waals surface area (Å²) in [5.41, 5.74) is 1.31. The van der Waals surface area contributed by atoms with Crippen LogP contribution in [0.1, 0.15) is 32.6 Å². The highest BCUT2D eigenvalue weighted by atomic mass is 16.5. The molecule has 2 aliphatic rings. The molecule has 0 unspecified atom stereocenters. The van der Waals surface area contributed by atoms with E-state index in [9.17, 15) is 4.79 Å². The molecule has 0 bridgehead atoms. The van der Waals surface area contributed by atoms with Crippen LogP contribution in [-0.4, -0.2) is 62.3 Å². The van der Waals surface area contributed by atoms with Crippen LogP contribution in [-0.2, 0) is 14.3 Å². The minimum absolute atomic E-state index is 0.120. The molecular formula is C20H30N4O3. The van der Waals surface area contributed by atoms with Crippen molar-refractivity contribution in [2.24, 2.45) is 4.99 Å². The van der Waals surface area contributed by atoms with E-state index in [4.69, 9.17) is 14.9 Å². The molecule has 0 aromatic carbocycles. The summed E-state index contributed by atoms with van der Waals surface area (Å²) in [7, 11) is 1.59. The zero-order valence-corrected chi connectivity index (χ0v) is 16.3. The summed E-state index contributed by atoms with van der Waals surface area (Å²) >= 11 is 0. The first-order valence-corrected chi connectivity index (χ1v) is 9.46. The second-order valence-corrected chi connectivity index (χ2v) is 6.65. The molecule has 2 N–H and O–H groups in total. The highest BCUT2D eigenvalue weighted by Crippen LogP contribution is 2.26. The van der Waals surface area contributed by atoms with E-state index in [1.165, 1.54) is 0 Å². The summed E-state index contributed by atoms with van der Waals surface area (Å²) in [5, 5.41) is 10.1. The average Bonchev–Trinajstić information content (AvgIpc) is 2.65. The minimum Gasteiger partial charge on any atom is -0.493 e. The summed E-state index contributed by atoms with van der Waals surface area (Å²) in [6.45, 7) is 9.42. The van der Waals surface area contributed by atoms with Gasteiger partial charge in [-0.2, -0.15) is 0 Å². The number of hydrogen-bond acceptors (Lipinski definition) is 5. The van der Waals surface area contributed by atoms with Crippen LogP contribution < -0.4 is 5.32 Å². The predicted molar refractivity (Wildman–Crippen MR) is 107 cm³/mol. The van der Waals surface area contributed by atoms with Crippen molar-refractivity contribution in [3.05, 3.63) is 35.8 Å². The van der Waals surface area contributed by atoms with Crippen LogP contribution in [0.25, 0.3) is 0 Å². The third kappa shape index (κ3) is 6.36. The Morgan fingerprint density at radius 3 is 2.78 bits per heavy atom. The molecule has 1 fully saturated rings. The lowest BCUT2D eigenvalue weighted by atomic mass is 10.0. The summed E-state index contributed by atoms with van der Waals surface area (Å²) in [5.74, 6) is 1.39. The maximum atomic E-state index is 11.5. The number of methoxy groups -OCH3 is 1. The van der Waals surface area contributed by atoms with Gasteiger partial charge >= 0.3 is 0 Å². The summed E-state index contributed by atoms with van der Waals surface area (Å²) in [4.78, 5) is 17.8. The molecule has 0 aromatic rings. The van der Waals surface area contributed by atoms with Gasteiger partial charge in [0.2, 0.25) is 5.91 Å². The van der Waals surface area contributed by atoms with E-state index in [0.29, 0.717) is 35.8 Å². The lowest BCUT2D eigenvalue weighted by Gasteiger charge is -2.33. The van der Waals surface area contributed by atoms with Crippen molar-refractivity contribution >= 4 is 18.0 Å². The van der Waals surface area contributed by atoms with Crippen LogP contribution in [0.15, 0.2) is 40.8 Å². The fraction of sp³-hybridized carbons (Fsp3) is 0.550. The molecular weight excluding hydrogens is 344 g/mol. The third-order valence-electron chi connectivity index (χ3n) is 4.62. The number of rotatable bonds is 9. The van der Waals surface area contributed by atoms with Crippen LogP contribution in [0.3, 0.4) is 0 Å². The molecule has 1 aliphatic heterocycles. The number of allylic oxidation sites excluding steroid dienone is 3. The normalized spacial score (nSPS) is 20.1. The first-order valence-electron chi connectivity index (χ1n) is 9.46. The zero-order chi connectivity index (χ0) is 19.6. The molecule has 0 radical (unpaired) electrons. The van der Waals surface area contributed by atoms with Gasteiger partial charge in [-0.3, -0.25) is 10.2 Å². The van der Waals surface area contributed by atoms with Crippen LogP contribution in [0, 0.1) is 5.41 Å². The number of carbonyl (C=O) groups excluding carboxylic acids is 1. The predicted octanol–water partition coefficient (Wildman–Crippen LogP) is 2.42. The molecule has 7 heteroatoms. The number of carbonyl (C=O) groups is 1. The minimum atomic E-state index is 0.120. The van der Waals surface area contributed by atoms with Crippen LogP contribution in [0.2, 0.25) is 0 Å². The zero-order valence-electron chi connectivity index (χ0n) is 16.3. The molecule has 0 saturated carbocycles. The first-order chi connectivity index (χ1) is 13.1. The van der Waals surface area contributed by atoms with Crippen molar-refractivity contribution in [1.29, 1.82) is 5.41 Å². The molecule has 0 aromatic heterocycles. The Morgan fingerprint density at radius 1 is 1.41 bits per heavy atom. The number of amides is 1. The van der Waals surface area contributed by atoms with Gasteiger partial charge in [0.15, 0.2) is 11.5 Å². The standard InChI is InChI=1S/C20H30N4O3/c1-4-5-20(25)22-8-11-24-9-6-16(7-10-24)27-19-12-15(2)17(23-14-21)13-18(19)26-3/h12-14,16,21H,2,4-11H2,1,3H3,(H,22,25). The number of piperidine rings is 1. The largest absolute Gasteiger partial charge is 0.493 e. The lowest BCUT2D eigenvalue weighted by molar-refractivity contribution is -0.121. The maximum Gasteiger partial charge on any atom is 0.220 e. The van der Waals surface area contributed by atoms with Gasteiger partial charge in [0.05, 0.1) is 12.8 Å². The number of likely N-dealkylation sites (tertiary alicyclic amines) is 1. The van der Waals surface area contributed by atoms with Crippen LogP contribution >= 0.6 is 0 Å². The average molecular weight is 374 g/mol. The van der Waals surface area contributed by atoms with E-state index >= 15 is 0 Å². The van der Waals surface area contributed by atoms with Crippen molar-refractivity contribution < 1.29 is 14.3 Å². The van der Waals surface area contributed by atoms with Gasteiger partial charge in [-0.05, 0) is 30.9 Å². The molecule has 1 saturated heterocycles. The molecule has 0 atom stereocenters. The number of nitrogens with zero attached hydrogens (tertiary/aromatic N) is 2. The second-order valence-electron chi connectivity index (χ2n) is 6.65. The Balaban J connectivity index is 1.80. The molecule has 0 spiro atoms. The Morgan fingerprint density at radius 2 is 2.15 bits per heavy atom. The van der Waals surface area contributed by atoms with Gasteiger partial charge in [0.25, 0.3) is 0 Å². The maximum absolute atomic E-state index is 11.5. The third-order valence-corrected chi connectivity index (χ3v) is 4.62. The summed E-state index contributed by atoms with van der Waals surface area (Å²) in [6, 6.07) is 0. The Bertz CT molecular complexity index is 644. The van der Waals surface area contributed by atoms with E-state index in [-0.39, 0.29) is 12.0 Å². The second kappa shape index (κ2) is 10.7. The van der Waals surface area contributed by atoms with E-state index in [0.717, 1.165) is 45.2 Å². The van der Waals surface area contributed by atoms with Gasteiger partial charge in [0, 0.05) is 38.7 Å².